The summed E-state index contributed by atoms with van der Waals surface area (Å²) in [5.74, 6) is 0. The first kappa shape index (κ1) is 14.5. The maximum absolute atomic E-state index is 10.4. The lowest BCUT2D eigenvalue weighted by Crippen LogP contribution is -2.45. The van der Waals surface area contributed by atoms with Crippen LogP contribution in [0.4, 0.5) is 0 Å². The largest absolute Gasteiger partial charge is 0.388 e. The maximum Gasteiger partial charge on any atom is 0.0815 e. The van der Waals surface area contributed by atoms with Crippen molar-refractivity contribution in [3.63, 3.8) is 0 Å². The average Bonchev–Trinajstić information content (AvgIpc) is 2.40. The van der Waals surface area contributed by atoms with Crippen LogP contribution in [0.3, 0.4) is 0 Å². The highest BCUT2D eigenvalue weighted by Crippen LogP contribution is 2.23. The number of aliphatic hydroxyl groups is 1. The molecule has 0 saturated carbocycles. The predicted octanol–water partition coefficient (Wildman–Crippen LogP) is 2.50. The first-order valence-corrected chi connectivity index (χ1v) is 7.11. The Morgan fingerprint density at radius 3 is 2.68 bits per heavy atom. The average molecular weight is 263 g/mol. The summed E-state index contributed by atoms with van der Waals surface area (Å²) in [6.45, 7) is 8.41. The van der Waals surface area contributed by atoms with Gasteiger partial charge >= 0.3 is 0 Å². The minimum atomic E-state index is -0.607. The van der Waals surface area contributed by atoms with E-state index in [1.165, 1.54) is 16.7 Å². The molecular weight excluding hydrogens is 238 g/mol. The molecule has 1 atom stereocenters. The van der Waals surface area contributed by atoms with Crippen LogP contribution >= 0.6 is 0 Å². The number of benzene rings is 1. The van der Waals surface area contributed by atoms with E-state index in [0.29, 0.717) is 19.8 Å². The number of hydrogen-bond acceptors (Lipinski definition) is 3. The molecule has 1 aromatic carbocycles. The minimum Gasteiger partial charge on any atom is -0.388 e. The van der Waals surface area contributed by atoms with Gasteiger partial charge in [-0.25, -0.2) is 0 Å². The molecule has 0 bridgehead atoms. The van der Waals surface area contributed by atoms with Gasteiger partial charge in [-0.2, -0.15) is 0 Å². The second-order valence-corrected chi connectivity index (χ2v) is 5.73. The van der Waals surface area contributed by atoms with Gasteiger partial charge in [0.1, 0.15) is 0 Å². The maximum atomic E-state index is 10.4. The molecule has 2 rings (SSSR count). The topological polar surface area (TPSA) is 41.5 Å². The molecule has 1 fully saturated rings. The number of ether oxygens (including phenoxy) is 1. The van der Waals surface area contributed by atoms with Crippen molar-refractivity contribution >= 4 is 0 Å². The molecule has 0 aromatic heterocycles. The lowest BCUT2D eigenvalue weighted by atomic mass is 9.93. The SMILES string of the molecule is Cc1cccc([C@H](C)NCC2(O)CCOCC2)c1C. The van der Waals surface area contributed by atoms with Gasteiger partial charge in [-0.05, 0) is 37.5 Å². The van der Waals surface area contributed by atoms with Gasteiger partial charge in [-0.15, -0.1) is 0 Å². The third-order valence-electron chi connectivity index (χ3n) is 4.27. The van der Waals surface area contributed by atoms with Crippen molar-refractivity contribution in [2.24, 2.45) is 0 Å². The molecule has 0 radical (unpaired) electrons. The first-order chi connectivity index (χ1) is 9.02. The third kappa shape index (κ3) is 3.56. The van der Waals surface area contributed by atoms with Gasteiger partial charge in [0, 0.05) is 38.6 Å². The number of rotatable bonds is 4. The Hall–Kier alpha value is -0.900. The summed E-state index contributed by atoms with van der Waals surface area (Å²) in [6.07, 6.45) is 1.44. The van der Waals surface area contributed by atoms with Gasteiger partial charge < -0.3 is 15.2 Å². The highest BCUT2D eigenvalue weighted by Gasteiger charge is 2.29. The summed E-state index contributed by atoms with van der Waals surface area (Å²) in [5, 5.41) is 13.9. The minimum absolute atomic E-state index is 0.256. The molecule has 106 valence electrons. The molecule has 1 aliphatic rings. The Kier molecular flexibility index (Phi) is 4.61. The van der Waals surface area contributed by atoms with Crippen LogP contribution in [0.5, 0.6) is 0 Å². The molecule has 1 saturated heterocycles. The standard InChI is InChI=1S/C16H25NO2/c1-12-5-4-6-15(13(12)2)14(3)17-11-16(18)7-9-19-10-8-16/h4-6,14,17-18H,7-11H2,1-3H3/t14-/m0/s1. The van der Waals surface area contributed by atoms with Crippen LogP contribution in [0.1, 0.15) is 42.5 Å². The van der Waals surface area contributed by atoms with Gasteiger partial charge in [0.2, 0.25) is 0 Å². The van der Waals surface area contributed by atoms with Crippen molar-refractivity contribution in [1.29, 1.82) is 0 Å². The van der Waals surface area contributed by atoms with Gasteiger partial charge in [0.25, 0.3) is 0 Å². The van der Waals surface area contributed by atoms with Crippen molar-refractivity contribution in [3.05, 3.63) is 34.9 Å². The summed E-state index contributed by atoms with van der Waals surface area (Å²) in [6, 6.07) is 6.65. The fourth-order valence-electron chi connectivity index (χ4n) is 2.62. The normalized spacial score (nSPS) is 20.2. The fraction of sp³-hybridized carbons (Fsp3) is 0.625. The van der Waals surface area contributed by atoms with Crippen molar-refractivity contribution in [1.82, 2.24) is 5.32 Å². The van der Waals surface area contributed by atoms with Gasteiger partial charge in [-0.1, -0.05) is 18.2 Å². The van der Waals surface area contributed by atoms with Crippen LogP contribution in [0.25, 0.3) is 0 Å². The van der Waals surface area contributed by atoms with Crippen molar-refractivity contribution in [2.45, 2.75) is 45.3 Å². The van der Waals surface area contributed by atoms with Crippen molar-refractivity contribution in [2.75, 3.05) is 19.8 Å². The lowest BCUT2D eigenvalue weighted by Gasteiger charge is -2.33. The second kappa shape index (κ2) is 6.04. The molecule has 0 spiro atoms. The van der Waals surface area contributed by atoms with Crippen LogP contribution in [-0.2, 0) is 4.74 Å². The predicted molar refractivity (Wildman–Crippen MR) is 77.3 cm³/mol. The Balaban J connectivity index is 1.97. The smallest absolute Gasteiger partial charge is 0.0815 e. The molecule has 0 unspecified atom stereocenters. The molecule has 1 heterocycles. The monoisotopic (exact) mass is 263 g/mol. The molecule has 19 heavy (non-hydrogen) atoms. The van der Waals surface area contributed by atoms with E-state index in [9.17, 15) is 5.11 Å². The van der Waals surface area contributed by atoms with E-state index >= 15 is 0 Å². The first-order valence-electron chi connectivity index (χ1n) is 7.11. The second-order valence-electron chi connectivity index (χ2n) is 5.73. The molecule has 1 aromatic rings. The number of aryl methyl sites for hydroxylation is 1. The zero-order valence-electron chi connectivity index (χ0n) is 12.2. The Labute approximate surface area is 116 Å². The lowest BCUT2D eigenvalue weighted by molar-refractivity contribution is -0.0626. The summed E-state index contributed by atoms with van der Waals surface area (Å²) >= 11 is 0. The summed E-state index contributed by atoms with van der Waals surface area (Å²) in [4.78, 5) is 0. The zero-order chi connectivity index (χ0) is 13.9. The highest BCUT2D eigenvalue weighted by atomic mass is 16.5. The van der Waals surface area contributed by atoms with Crippen LogP contribution in [0, 0.1) is 13.8 Å². The Morgan fingerprint density at radius 1 is 1.32 bits per heavy atom. The summed E-state index contributed by atoms with van der Waals surface area (Å²) < 4.78 is 5.30. The van der Waals surface area contributed by atoms with Crippen molar-refractivity contribution in [3.8, 4) is 0 Å². The molecule has 2 N–H and O–H groups in total. The van der Waals surface area contributed by atoms with Gasteiger partial charge in [0.15, 0.2) is 0 Å². The molecule has 3 heteroatoms. The van der Waals surface area contributed by atoms with Crippen LogP contribution in [0.15, 0.2) is 18.2 Å². The molecule has 3 nitrogen and oxygen atoms in total. The summed E-state index contributed by atoms with van der Waals surface area (Å²) in [5.41, 5.74) is 3.36. The van der Waals surface area contributed by atoms with Crippen molar-refractivity contribution < 1.29 is 9.84 Å². The van der Waals surface area contributed by atoms with Gasteiger partial charge in [-0.3, -0.25) is 0 Å². The third-order valence-corrected chi connectivity index (χ3v) is 4.27. The van der Waals surface area contributed by atoms with Crippen LogP contribution < -0.4 is 5.32 Å². The van der Waals surface area contributed by atoms with E-state index in [-0.39, 0.29) is 6.04 Å². The molecule has 1 aliphatic heterocycles. The van der Waals surface area contributed by atoms with E-state index in [1.807, 2.05) is 0 Å². The quantitative estimate of drug-likeness (QED) is 0.877. The van der Waals surface area contributed by atoms with E-state index in [2.05, 4.69) is 44.3 Å². The Morgan fingerprint density at radius 2 is 2.00 bits per heavy atom. The van der Waals surface area contributed by atoms with E-state index < -0.39 is 5.60 Å². The highest BCUT2D eigenvalue weighted by molar-refractivity contribution is 5.35. The number of hydrogen-bond donors (Lipinski definition) is 2. The van der Waals surface area contributed by atoms with Crippen LogP contribution in [0.2, 0.25) is 0 Å². The summed E-state index contributed by atoms with van der Waals surface area (Å²) in [7, 11) is 0. The number of nitrogens with one attached hydrogen (secondary N) is 1. The van der Waals surface area contributed by atoms with E-state index in [1.54, 1.807) is 0 Å². The van der Waals surface area contributed by atoms with E-state index in [4.69, 9.17) is 4.74 Å². The zero-order valence-corrected chi connectivity index (χ0v) is 12.2. The molecule has 0 aliphatic carbocycles. The van der Waals surface area contributed by atoms with Gasteiger partial charge in [0.05, 0.1) is 5.60 Å². The molecule has 0 amide bonds. The molecular formula is C16H25NO2. The fourth-order valence-corrected chi connectivity index (χ4v) is 2.62. The van der Waals surface area contributed by atoms with E-state index in [0.717, 1.165) is 12.8 Å². The van der Waals surface area contributed by atoms with Crippen LogP contribution in [-0.4, -0.2) is 30.5 Å². The Bertz CT molecular complexity index is 425.